The van der Waals surface area contributed by atoms with Gasteiger partial charge in [0.25, 0.3) is 0 Å². The van der Waals surface area contributed by atoms with Crippen LogP contribution in [0.3, 0.4) is 0 Å². The molecule has 8 aromatic rings. The van der Waals surface area contributed by atoms with Gasteiger partial charge in [0.1, 0.15) is 0 Å². The van der Waals surface area contributed by atoms with E-state index in [0.717, 1.165) is 34.2 Å². The molecule has 0 aliphatic rings. The first-order valence-electron chi connectivity index (χ1n) is 21.7. The van der Waals surface area contributed by atoms with Crippen LogP contribution in [0.2, 0.25) is 52.4 Å². The topological polar surface area (TPSA) is 26.3 Å². The maximum Gasteiger partial charge on any atom is 0.0896 e. The van der Waals surface area contributed by atoms with E-state index in [1.807, 2.05) is 26.0 Å². The fraction of sp³-hybridized carbons (Fsp3) is 0.296. The molecule has 324 valence electrons. The van der Waals surface area contributed by atoms with Crippen LogP contribution in [0.15, 0.2) is 106 Å². The maximum absolute atomic E-state index is 5.87. The van der Waals surface area contributed by atoms with Crippen LogP contribution >= 0.6 is 17.0 Å². The van der Waals surface area contributed by atoms with E-state index in [4.69, 9.17) is 25.9 Å². The molecule has 0 saturated heterocycles. The van der Waals surface area contributed by atoms with Gasteiger partial charge in [0, 0.05) is 0 Å². The molecule has 0 aliphatic heterocycles. The number of benzene rings is 4. The summed E-state index contributed by atoms with van der Waals surface area (Å²) in [4.78, 5) is 0. The number of aryl methyl sites for hydroxylation is 8. The zero-order valence-corrected chi connectivity index (χ0v) is 46.8. The van der Waals surface area contributed by atoms with Crippen LogP contribution in [0.1, 0.15) is 44.9 Å². The van der Waals surface area contributed by atoms with E-state index in [2.05, 4.69) is 179 Å². The Morgan fingerprint density at radius 3 is 1.05 bits per heavy atom. The molecule has 0 fully saturated rings. The van der Waals surface area contributed by atoms with Gasteiger partial charge in [-0.15, -0.1) is 57.9 Å². The van der Waals surface area contributed by atoms with Gasteiger partial charge in [-0.2, -0.15) is 0 Å². The molecular formula is C54H64Cl2O2Si3Zr-2. The van der Waals surface area contributed by atoms with E-state index in [1.54, 1.807) is 10.4 Å². The van der Waals surface area contributed by atoms with E-state index >= 15 is 0 Å². The first kappa shape index (κ1) is 48.2. The maximum atomic E-state index is 5.87. The van der Waals surface area contributed by atoms with Crippen LogP contribution in [0.4, 0.5) is 0 Å². The number of fused-ring (bicyclic) bond motifs is 2. The van der Waals surface area contributed by atoms with E-state index in [-0.39, 0.29) is 5.43 Å². The predicted octanol–water partition coefficient (Wildman–Crippen LogP) is 16.7. The summed E-state index contributed by atoms with van der Waals surface area (Å²) in [5.41, 5.74) is 15.8. The second kappa shape index (κ2) is 19.1. The summed E-state index contributed by atoms with van der Waals surface area (Å²) in [5.74, 6) is 3.78. The monoisotopic (exact) mass is 988 g/mol. The molecular weight excluding hydrogens is 927 g/mol. The minimum Gasteiger partial charge on any atom is -0.496 e. The molecule has 0 radical (unpaired) electrons. The summed E-state index contributed by atoms with van der Waals surface area (Å²) in [6.45, 7) is 36.5. The van der Waals surface area contributed by atoms with Crippen LogP contribution in [-0.4, -0.2) is 21.6 Å². The Labute approximate surface area is 388 Å². The Morgan fingerprint density at radius 2 is 0.790 bits per heavy atom. The molecule has 0 saturated carbocycles. The zero-order chi connectivity index (χ0) is 45.6. The first-order valence-corrected chi connectivity index (χ1v) is 41.2. The SMILES string of the molecule is C[Si](C)=[Zr]([Cl])[Cl].Cc1ccc(-c2cc3c(-c4cc(C)c([Si](C)(C)C)c(C)c4)c(C)ccc3[cH-]2)o1.Cc1ccc(-c2cc3c(-c4cc(C)c([Si](C)(C)C)c(C)c4)c(C)ccc3[cH-]2)o1. The van der Waals surface area contributed by atoms with Crippen molar-refractivity contribution in [3.05, 3.63) is 142 Å². The fourth-order valence-electron chi connectivity index (χ4n) is 9.59. The summed E-state index contributed by atoms with van der Waals surface area (Å²) in [6.07, 6.45) is 0. The smallest absolute Gasteiger partial charge is 0.0896 e. The van der Waals surface area contributed by atoms with Gasteiger partial charge in [0.05, 0.1) is 39.2 Å². The molecule has 0 aliphatic carbocycles. The molecule has 0 unspecified atom stereocenters. The summed E-state index contributed by atoms with van der Waals surface area (Å²) in [6, 6.07) is 35.8. The zero-order valence-electron chi connectivity index (χ0n) is 39.8. The van der Waals surface area contributed by atoms with Crippen molar-refractivity contribution < 1.29 is 26.8 Å². The van der Waals surface area contributed by atoms with Crippen LogP contribution in [0, 0.1) is 55.4 Å². The van der Waals surface area contributed by atoms with Crippen LogP contribution in [0.5, 0.6) is 0 Å². The van der Waals surface area contributed by atoms with Crippen molar-refractivity contribution in [2.45, 2.75) is 108 Å². The van der Waals surface area contributed by atoms with Crippen LogP contribution in [0.25, 0.3) is 66.4 Å². The minimum atomic E-state index is -1.65. The van der Waals surface area contributed by atoms with Crippen molar-refractivity contribution in [3.8, 4) is 44.9 Å². The molecule has 0 atom stereocenters. The van der Waals surface area contributed by atoms with E-state index in [0.29, 0.717) is 0 Å². The Bertz CT molecular complexity index is 2700. The second-order valence-electron chi connectivity index (χ2n) is 19.6. The molecule has 2 heterocycles. The standard InChI is InChI=1S/2C26H29OSi.C2H6Si.2ClH.Zr/c2*1-16-8-10-20-14-21(24-11-9-19(4)27-24)15-23(20)25(16)22-12-17(2)26(18(3)13-22)28(5,6)7;1-3-2;;;/h2*8-15H,1-7H3;1-2H3;2*1H;/q2*-1;;;;+2/p-2. The number of rotatable bonds is 6. The summed E-state index contributed by atoms with van der Waals surface area (Å²) in [5, 5.41) is 8.35. The van der Waals surface area contributed by atoms with E-state index < -0.39 is 34.1 Å². The summed E-state index contributed by atoms with van der Waals surface area (Å²) >= 11 is -1.65. The average Bonchev–Trinajstić information content (AvgIpc) is 3.97. The molecule has 8 rings (SSSR count). The number of hydrogen-bond acceptors (Lipinski definition) is 2. The summed E-state index contributed by atoms with van der Waals surface area (Å²) in [7, 11) is 8.51. The van der Waals surface area contributed by atoms with Gasteiger partial charge in [0.2, 0.25) is 0 Å². The molecule has 0 amide bonds. The molecule has 62 heavy (non-hydrogen) atoms. The van der Waals surface area contributed by atoms with Gasteiger partial charge in [-0.25, -0.2) is 0 Å². The third kappa shape index (κ3) is 10.7. The van der Waals surface area contributed by atoms with Crippen LogP contribution in [-0.2, 0) is 18.0 Å². The Hall–Kier alpha value is -3.23. The van der Waals surface area contributed by atoms with Gasteiger partial charge in [-0.05, 0) is 102 Å². The largest absolute Gasteiger partial charge is 0.496 e. The number of halogens is 2. The van der Waals surface area contributed by atoms with Crippen LogP contribution < -0.4 is 10.4 Å². The number of furan rings is 2. The van der Waals surface area contributed by atoms with Crippen molar-refractivity contribution >= 4 is 70.5 Å². The van der Waals surface area contributed by atoms with Crippen molar-refractivity contribution in [2.24, 2.45) is 0 Å². The molecule has 2 nitrogen and oxygen atoms in total. The number of hydrogen-bond donors (Lipinski definition) is 0. The van der Waals surface area contributed by atoms with E-state index in [1.165, 1.54) is 77.2 Å². The minimum absolute atomic E-state index is 0.224. The van der Waals surface area contributed by atoms with E-state index in [9.17, 15) is 0 Å². The third-order valence-electron chi connectivity index (χ3n) is 11.8. The molecule has 0 bridgehead atoms. The normalized spacial score (nSPS) is 11.7. The molecule has 2 aromatic heterocycles. The van der Waals surface area contributed by atoms with Gasteiger partial charge < -0.3 is 8.83 Å². The first-order chi connectivity index (χ1) is 28.9. The molecule has 0 spiro atoms. The third-order valence-corrected chi connectivity index (χ3v) is 36.1. The van der Waals surface area contributed by atoms with Crippen molar-refractivity contribution in [3.63, 3.8) is 0 Å². The van der Waals surface area contributed by atoms with Gasteiger partial charge in [-0.1, -0.05) is 131 Å². The van der Waals surface area contributed by atoms with Crippen molar-refractivity contribution in [2.75, 3.05) is 0 Å². The van der Waals surface area contributed by atoms with Crippen molar-refractivity contribution in [1.29, 1.82) is 0 Å². The van der Waals surface area contributed by atoms with Gasteiger partial charge in [0.15, 0.2) is 0 Å². The predicted molar refractivity (Wildman–Crippen MR) is 278 cm³/mol. The summed E-state index contributed by atoms with van der Waals surface area (Å²) < 4.78 is 11.7. The average molecular weight is 991 g/mol. The Morgan fingerprint density at radius 1 is 0.468 bits per heavy atom. The Balaban J connectivity index is 0.000000183. The molecule has 8 heteroatoms. The fourth-order valence-corrected chi connectivity index (χ4v) is 14.6. The van der Waals surface area contributed by atoms with Gasteiger partial charge in [-0.3, -0.25) is 0 Å². The van der Waals surface area contributed by atoms with Crippen molar-refractivity contribution in [1.82, 2.24) is 0 Å². The molecule has 6 aromatic carbocycles. The quantitative estimate of drug-likeness (QED) is 0.123. The van der Waals surface area contributed by atoms with Gasteiger partial charge >= 0.3 is 53.5 Å². The molecule has 0 N–H and O–H groups in total. The second-order valence-corrected chi connectivity index (χ2v) is 52.5. The Kier molecular flexibility index (Phi) is 14.8.